The maximum atomic E-state index is 11.0. The van der Waals surface area contributed by atoms with Gasteiger partial charge in [0, 0.05) is 5.70 Å². The highest BCUT2D eigenvalue weighted by Crippen LogP contribution is 1.98. The average Bonchev–Trinajstić information content (AvgIpc) is 2.03. The van der Waals surface area contributed by atoms with Gasteiger partial charge in [-0.1, -0.05) is 20.4 Å². The quantitative estimate of drug-likeness (QED) is 0.705. The van der Waals surface area contributed by atoms with E-state index in [2.05, 4.69) is 11.9 Å². The lowest BCUT2D eigenvalue weighted by Gasteiger charge is -2.11. The van der Waals surface area contributed by atoms with E-state index < -0.39 is 6.09 Å². The van der Waals surface area contributed by atoms with Gasteiger partial charge < -0.3 is 4.74 Å². The molecular formula is C9H17NO2. The van der Waals surface area contributed by atoms with Gasteiger partial charge in [0.25, 0.3) is 0 Å². The van der Waals surface area contributed by atoms with Gasteiger partial charge >= 0.3 is 6.09 Å². The first kappa shape index (κ1) is 11.0. The number of ether oxygens (including phenoxy) is 1. The fourth-order valence-corrected chi connectivity index (χ4v) is 0.528. The third kappa shape index (κ3) is 4.77. The summed E-state index contributed by atoms with van der Waals surface area (Å²) in [5.41, 5.74) is 0.684. The van der Waals surface area contributed by atoms with Crippen LogP contribution in [0.15, 0.2) is 12.3 Å². The molecule has 0 rings (SSSR count). The van der Waals surface area contributed by atoms with E-state index in [4.69, 9.17) is 4.74 Å². The summed E-state index contributed by atoms with van der Waals surface area (Å²) < 4.78 is 4.96. The third-order valence-electron chi connectivity index (χ3n) is 1.59. The molecule has 3 nitrogen and oxygen atoms in total. The Morgan fingerprint density at radius 3 is 2.58 bits per heavy atom. The molecule has 12 heavy (non-hydrogen) atoms. The molecule has 1 atom stereocenters. The second-order valence-corrected chi connectivity index (χ2v) is 2.71. The number of amides is 1. The van der Waals surface area contributed by atoms with Crippen LogP contribution in [-0.4, -0.2) is 12.2 Å². The van der Waals surface area contributed by atoms with Crippen molar-refractivity contribution in [3.05, 3.63) is 12.3 Å². The van der Waals surface area contributed by atoms with Crippen LogP contribution in [0, 0.1) is 0 Å². The van der Waals surface area contributed by atoms with Crippen molar-refractivity contribution in [3.63, 3.8) is 0 Å². The summed E-state index contributed by atoms with van der Waals surface area (Å²) in [4.78, 5) is 11.0. The molecule has 1 amide bonds. The van der Waals surface area contributed by atoms with Crippen molar-refractivity contribution < 1.29 is 9.53 Å². The molecule has 0 radical (unpaired) electrons. The van der Waals surface area contributed by atoms with Crippen LogP contribution in [0.2, 0.25) is 0 Å². The zero-order valence-electron chi connectivity index (χ0n) is 8.02. The minimum atomic E-state index is -0.406. The Labute approximate surface area is 73.8 Å². The molecule has 1 N–H and O–H groups in total. The number of allylic oxidation sites excluding steroid dienone is 1. The van der Waals surface area contributed by atoms with Crippen LogP contribution in [0.3, 0.4) is 0 Å². The number of alkyl carbamates (subject to hydrolysis) is 1. The first-order valence-electron chi connectivity index (χ1n) is 4.25. The van der Waals surface area contributed by atoms with Crippen molar-refractivity contribution >= 4 is 6.09 Å². The molecule has 0 aliphatic rings. The number of rotatable bonds is 4. The molecule has 0 spiro atoms. The van der Waals surface area contributed by atoms with Gasteiger partial charge in [0.1, 0.15) is 6.10 Å². The largest absolute Gasteiger partial charge is 0.446 e. The summed E-state index contributed by atoms with van der Waals surface area (Å²) in [6.45, 7) is 9.38. The smallest absolute Gasteiger partial charge is 0.411 e. The van der Waals surface area contributed by atoms with Crippen LogP contribution < -0.4 is 5.32 Å². The van der Waals surface area contributed by atoms with Crippen LogP contribution in [0.25, 0.3) is 0 Å². The van der Waals surface area contributed by atoms with E-state index in [9.17, 15) is 4.79 Å². The molecule has 0 saturated heterocycles. The van der Waals surface area contributed by atoms with E-state index in [1.807, 2.05) is 20.8 Å². The number of hydrogen-bond acceptors (Lipinski definition) is 2. The van der Waals surface area contributed by atoms with E-state index in [1.54, 1.807) is 0 Å². The monoisotopic (exact) mass is 171 g/mol. The van der Waals surface area contributed by atoms with Gasteiger partial charge in [-0.25, -0.2) is 4.79 Å². The lowest BCUT2D eigenvalue weighted by atomic mass is 10.3. The topological polar surface area (TPSA) is 38.3 Å². The molecule has 0 aromatic rings. The van der Waals surface area contributed by atoms with Crippen molar-refractivity contribution in [3.8, 4) is 0 Å². The summed E-state index contributed by atoms with van der Waals surface area (Å²) in [5, 5.41) is 2.54. The first-order chi connectivity index (χ1) is 5.60. The Balaban J connectivity index is 3.66. The fourth-order valence-electron chi connectivity index (χ4n) is 0.528. The van der Waals surface area contributed by atoms with Crippen molar-refractivity contribution in [2.75, 3.05) is 0 Å². The second-order valence-electron chi connectivity index (χ2n) is 2.71. The number of carbonyl (C=O) groups is 1. The zero-order valence-corrected chi connectivity index (χ0v) is 8.02. The summed E-state index contributed by atoms with van der Waals surface area (Å²) in [7, 11) is 0. The van der Waals surface area contributed by atoms with Gasteiger partial charge in [-0.15, -0.1) is 0 Å². The second kappa shape index (κ2) is 5.63. The molecule has 0 aliphatic heterocycles. The minimum absolute atomic E-state index is 0.0327. The molecule has 0 aromatic heterocycles. The number of nitrogens with one attached hydrogen (secondary N) is 1. The Kier molecular flexibility index (Phi) is 5.17. The molecule has 0 heterocycles. The fraction of sp³-hybridized carbons (Fsp3) is 0.667. The van der Waals surface area contributed by atoms with E-state index in [1.165, 1.54) is 0 Å². The number of hydrogen-bond donors (Lipinski definition) is 1. The summed E-state index contributed by atoms with van der Waals surface area (Å²) in [5.74, 6) is 0. The Morgan fingerprint density at radius 1 is 1.58 bits per heavy atom. The van der Waals surface area contributed by atoms with E-state index in [0.29, 0.717) is 5.70 Å². The van der Waals surface area contributed by atoms with Crippen LogP contribution in [0.4, 0.5) is 4.79 Å². The zero-order chi connectivity index (χ0) is 9.56. The molecule has 0 bridgehead atoms. The molecule has 3 heteroatoms. The standard InChI is InChI=1S/C9H17NO2/c1-5-7(3)10-9(11)12-8(4)6-2/h8H,3,5-6H2,1-2,4H3,(H,10,11). The molecule has 0 saturated carbocycles. The molecule has 0 fully saturated rings. The normalized spacial score (nSPS) is 11.9. The minimum Gasteiger partial charge on any atom is -0.446 e. The van der Waals surface area contributed by atoms with E-state index in [-0.39, 0.29) is 6.10 Å². The third-order valence-corrected chi connectivity index (χ3v) is 1.59. The van der Waals surface area contributed by atoms with Crippen LogP contribution in [0.1, 0.15) is 33.6 Å². The Bertz CT molecular complexity index is 166. The SMILES string of the molecule is C=C(CC)NC(=O)OC(C)CC. The van der Waals surface area contributed by atoms with E-state index >= 15 is 0 Å². The van der Waals surface area contributed by atoms with Crippen molar-refractivity contribution in [2.24, 2.45) is 0 Å². The van der Waals surface area contributed by atoms with Gasteiger partial charge in [0.05, 0.1) is 0 Å². The van der Waals surface area contributed by atoms with Gasteiger partial charge in [-0.3, -0.25) is 5.32 Å². The van der Waals surface area contributed by atoms with Gasteiger partial charge in [0.2, 0.25) is 0 Å². The maximum absolute atomic E-state index is 11.0. The van der Waals surface area contributed by atoms with Crippen LogP contribution >= 0.6 is 0 Å². The van der Waals surface area contributed by atoms with E-state index in [0.717, 1.165) is 12.8 Å². The summed E-state index contributed by atoms with van der Waals surface area (Å²) in [6, 6.07) is 0. The highest BCUT2D eigenvalue weighted by molar-refractivity contribution is 5.69. The molecule has 0 aromatic carbocycles. The molecule has 0 aliphatic carbocycles. The molecule has 70 valence electrons. The van der Waals surface area contributed by atoms with Gasteiger partial charge in [0.15, 0.2) is 0 Å². The van der Waals surface area contributed by atoms with Gasteiger partial charge in [-0.05, 0) is 19.8 Å². The maximum Gasteiger partial charge on any atom is 0.411 e. The summed E-state index contributed by atoms with van der Waals surface area (Å²) >= 11 is 0. The highest BCUT2D eigenvalue weighted by atomic mass is 16.6. The molecular weight excluding hydrogens is 154 g/mol. The van der Waals surface area contributed by atoms with Crippen molar-refractivity contribution in [1.82, 2.24) is 5.32 Å². The Morgan fingerprint density at radius 2 is 2.17 bits per heavy atom. The van der Waals surface area contributed by atoms with Crippen molar-refractivity contribution in [2.45, 2.75) is 39.7 Å². The molecule has 1 unspecified atom stereocenters. The predicted molar refractivity (Wildman–Crippen MR) is 48.8 cm³/mol. The summed E-state index contributed by atoms with van der Waals surface area (Å²) in [6.07, 6.45) is 1.12. The predicted octanol–water partition coefficient (Wildman–Crippen LogP) is 2.43. The lowest BCUT2D eigenvalue weighted by molar-refractivity contribution is 0.107. The highest BCUT2D eigenvalue weighted by Gasteiger charge is 2.06. The van der Waals surface area contributed by atoms with Crippen LogP contribution in [-0.2, 0) is 4.74 Å². The van der Waals surface area contributed by atoms with Crippen molar-refractivity contribution in [1.29, 1.82) is 0 Å². The van der Waals surface area contributed by atoms with Crippen LogP contribution in [0.5, 0.6) is 0 Å². The number of carbonyl (C=O) groups excluding carboxylic acids is 1. The Hall–Kier alpha value is -0.990. The lowest BCUT2D eigenvalue weighted by Crippen LogP contribution is -2.26. The van der Waals surface area contributed by atoms with Gasteiger partial charge in [-0.2, -0.15) is 0 Å². The first-order valence-corrected chi connectivity index (χ1v) is 4.25. The average molecular weight is 171 g/mol.